The Balaban J connectivity index is 3.95. The fraction of sp³-hybridized carbons (Fsp3) is 0.867. The highest BCUT2D eigenvalue weighted by Gasteiger charge is 2.14. The zero-order chi connectivity index (χ0) is 14.5. The standard InChI is InChI=1S/C15H28O4/c1-4-7-8-9-10-13(19-15(17)6-3)11-12-18-14(16)5-2/h13H,4-12H2,1-3H3. The second-order valence-electron chi connectivity index (χ2n) is 4.68. The van der Waals surface area contributed by atoms with Crippen molar-refractivity contribution in [3.8, 4) is 0 Å². The molecule has 4 heteroatoms. The lowest BCUT2D eigenvalue weighted by atomic mass is 10.1. The highest BCUT2D eigenvalue weighted by atomic mass is 16.6. The van der Waals surface area contributed by atoms with Gasteiger partial charge in [-0.3, -0.25) is 9.59 Å². The number of ether oxygens (including phenoxy) is 2. The Hall–Kier alpha value is -1.06. The molecular weight excluding hydrogens is 244 g/mol. The Bertz CT molecular complexity index is 251. The van der Waals surface area contributed by atoms with Gasteiger partial charge in [-0.1, -0.05) is 40.0 Å². The van der Waals surface area contributed by atoms with E-state index in [-0.39, 0.29) is 18.0 Å². The quantitative estimate of drug-likeness (QED) is 0.426. The van der Waals surface area contributed by atoms with E-state index in [9.17, 15) is 9.59 Å². The van der Waals surface area contributed by atoms with Crippen molar-refractivity contribution in [3.63, 3.8) is 0 Å². The lowest BCUT2D eigenvalue weighted by Gasteiger charge is -2.17. The molecule has 0 radical (unpaired) electrons. The Morgan fingerprint density at radius 2 is 1.58 bits per heavy atom. The van der Waals surface area contributed by atoms with Crippen molar-refractivity contribution >= 4 is 11.9 Å². The molecule has 0 saturated carbocycles. The molecule has 0 heterocycles. The number of esters is 2. The normalized spacial score (nSPS) is 11.9. The topological polar surface area (TPSA) is 52.6 Å². The third-order valence-corrected chi connectivity index (χ3v) is 2.96. The third-order valence-electron chi connectivity index (χ3n) is 2.96. The van der Waals surface area contributed by atoms with Gasteiger partial charge in [-0.2, -0.15) is 0 Å². The number of hydrogen-bond donors (Lipinski definition) is 0. The Morgan fingerprint density at radius 3 is 2.16 bits per heavy atom. The van der Waals surface area contributed by atoms with Gasteiger partial charge in [0, 0.05) is 19.3 Å². The van der Waals surface area contributed by atoms with Gasteiger partial charge >= 0.3 is 11.9 Å². The molecule has 1 atom stereocenters. The molecule has 0 saturated heterocycles. The average Bonchev–Trinajstić information content (AvgIpc) is 2.42. The molecule has 0 spiro atoms. The van der Waals surface area contributed by atoms with E-state index in [1.54, 1.807) is 13.8 Å². The predicted octanol–water partition coefficient (Wildman–Crippen LogP) is 3.62. The van der Waals surface area contributed by atoms with E-state index in [1.807, 2.05) is 0 Å². The maximum absolute atomic E-state index is 11.3. The van der Waals surface area contributed by atoms with E-state index >= 15 is 0 Å². The lowest BCUT2D eigenvalue weighted by Crippen LogP contribution is -2.20. The van der Waals surface area contributed by atoms with E-state index in [0.717, 1.165) is 19.3 Å². The minimum atomic E-state index is -0.202. The summed E-state index contributed by atoms with van der Waals surface area (Å²) >= 11 is 0. The summed E-state index contributed by atoms with van der Waals surface area (Å²) in [5.74, 6) is -0.381. The van der Waals surface area contributed by atoms with Crippen molar-refractivity contribution in [3.05, 3.63) is 0 Å². The van der Waals surface area contributed by atoms with Gasteiger partial charge in [-0.15, -0.1) is 0 Å². The first-order chi connectivity index (χ1) is 9.13. The van der Waals surface area contributed by atoms with Gasteiger partial charge in [0.15, 0.2) is 0 Å². The van der Waals surface area contributed by atoms with Crippen LogP contribution in [-0.4, -0.2) is 24.6 Å². The zero-order valence-electron chi connectivity index (χ0n) is 12.6. The van der Waals surface area contributed by atoms with Gasteiger partial charge < -0.3 is 9.47 Å². The largest absolute Gasteiger partial charge is 0.466 e. The van der Waals surface area contributed by atoms with E-state index < -0.39 is 0 Å². The number of hydrogen-bond acceptors (Lipinski definition) is 4. The molecule has 0 aromatic carbocycles. The van der Waals surface area contributed by atoms with Gasteiger partial charge in [0.25, 0.3) is 0 Å². The first-order valence-corrected chi connectivity index (χ1v) is 7.49. The third kappa shape index (κ3) is 10.5. The lowest BCUT2D eigenvalue weighted by molar-refractivity contribution is -0.151. The summed E-state index contributed by atoms with van der Waals surface area (Å²) in [7, 11) is 0. The minimum Gasteiger partial charge on any atom is -0.466 e. The van der Waals surface area contributed by atoms with Crippen LogP contribution in [0.2, 0.25) is 0 Å². The molecule has 0 aromatic heterocycles. The van der Waals surface area contributed by atoms with E-state index in [1.165, 1.54) is 12.8 Å². The Kier molecular flexibility index (Phi) is 11.3. The molecule has 19 heavy (non-hydrogen) atoms. The fourth-order valence-electron chi connectivity index (χ4n) is 1.74. The maximum Gasteiger partial charge on any atom is 0.305 e. The van der Waals surface area contributed by atoms with Crippen LogP contribution in [0, 0.1) is 0 Å². The van der Waals surface area contributed by atoms with Crippen molar-refractivity contribution in [1.29, 1.82) is 0 Å². The SMILES string of the molecule is CCCCCCC(CCOC(=O)CC)OC(=O)CC. The predicted molar refractivity (Wildman–Crippen MR) is 74.8 cm³/mol. The number of unbranched alkanes of at least 4 members (excludes halogenated alkanes) is 3. The second-order valence-corrected chi connectivity index (χ2v) is 4.68. The van der Waals surface area contributed by atoms with Crippen molar-refractivity contribution < 1.29 is 19.1 Å². The van der Waals surface area contributed by atoms with E-state index in [2.05, 4.69) is 6.92 Å². The highest BCUT2D eigenvalue weighted by molar-refractivity contribution is 5.69. The van der Waals surface area contributed by atoms with Crippen molar-refractivity contribution in [2.45, 2.75) is 78.2 Å². The van der Waals surface area contributed by atoms with Crippen LogP contribution >= 0.6 is 0 Å². The first kappa shape index (κ1) is 17.9. The van der Waals surface area contributed by atoms with Crippen LogP contribution in [0.3, 0.4) is 0 Å². The molecule has 4 nitrogen and oxygen atoms in total. The van der Waals surface area contributed by atoms with Gasteiger partial charge in [0.05, 0.1) is 6.61 Å². The van der Waals surface area contributed by atoms with Gasteiger partial charge in [-0.05, 0) is 12.8 Å². The van der Waals surface area contributed by atoms with E-state index in [4.69, 9.17) is 9.47 Å². The molecule has 0 bridgehead atoms. The summed E-state index contributed by atoms with van der Waals surface area (Å²) in [6.07, 6.45) is 6.72. The monoisotopic (exact) mass is 272 g/mol. The summed E-state index contributed by atoms with van der Waals surface area (Å²) in [6, 6.07) is 0. The molecule has 0 aliphatic carbocycles. The second kappa shape index (κ2) is 12.0. The number of rotatable bonds is 11. The first-order valence-electron chi connectivity index (χ1n) is 7.49. The van der Waals surface area contributed by atoms with Crippen LogP contribution in [0.15, 0.2) is 0 Å². The smallest absolute Gasteiger partial charge is 0.305 e. The molecule has 112 valence electrons. The zero-order valence-corrected chi connectivity index (χ0v) is 12.6. The van der Waals surface area contributed by atoms with Gasteiger partial charge in [0.2, 0.25) is 0 Å². The van der Waals surface area contributed by atoms with Crippen LogP contribution in [0.5, 0.6) is 0 Å². The summed E-state index contributed by atoms with van der Waals surface area (Å²) in [5.41, 5.74) is 0. The Labute approximate surface area is 116 Å². The molecule has 0 fully saturated rings. The summed E-state index contributed by atoms with van der Waals surface area (Å²) < 4.78 is 10.4. The van der Waals surface area contributed by atoms with Crippen molar-refractivity contribution in [1.82, 2.24) is 0 Å². The molecule has 0 aliphatic rings. The summed E-state index contributed by atoms with van der Waals surface area (Å²) in [4.78, 5) is 22.4. The number of carbonyl (C=O) groups excluding carboxylic acids is 2. The molecule has 0 aliphatic heterocycles. The van der Waals surface area contributed by atoms with Gasteiger partial charge in [-0.25, -0.2) is 0 Å². The fourth-order valence-corrected chi connectivity index (χ4v) is 1.74. The maximum atomic E-state index is 11.3. The summed E-state index contributed by atoms with van der Waals surface area (Å²) in [5, 5.41) is 0. The van der Waals surface area contributed by atoms with Crippen LogP contribution in [0.25, 0.3) is 0 Å². The van der Waals surface area contributed by atoms with Crippen LogP contribution < -0.4 is 0 Å². The minimum absolute atomic E-state index is 0.117. The van der Waals surface area contributed by atoms with E-state index in [0.29, 0.717) is 25.9 Å². The van der Waals surface area contributed by atoms with Crippen molar-refractivity contribution in [2.24, 2.45) is 0 Å². The van der Waals surface area contributed by atoms with Gasteiger partial charge in [0.1, 0.15) is 6.10 Å². The molecular formula is C15H28O4. The average molecular weight is 272 g/mol. The molecule has 0 rings (SSSR count). The Morgan fingerprint density at radius 1 is 0.895 bits per heavy atom. The molecule has 0 N–H and O–H groups in total. The molecule has 1 unspecified atom stereocenters. The molecule has 0 amide bonds. The number of carbonyl (C=O) groups is 2. The summed E-state index contributed by atoms with van der Waals surface area (Å²) in [6.45, 7) is 6.05. The van der Waals surface area contributed by atoms with Crippen LogP contribution in [0.1, 0.15) is 72.1 Å². The highest BCUT2D eigenvalue weighted by Crippen LogP contribution is 2.12. The van der Waals surface area contributed by atoms with Crippen LogP contribution in [0.4, 0.5) is 0 Å². The molecule has 0 aromatic rings. The van der Waals surface area contributed by atoms with Crippen molar-refractivity contribution in [2.75, 3.05) is 6.61 Å². The van der Waals surface area contributed by atoms with Crippen LogP contribution in [-0.2, 0) is 19.1 Å².